The van der Waals surface area contributed by atoms with Gasteiger partial charge in [0.1, 0.15) is 23.0 Å². The third-order valence-electron chi connectivity index (χ3n) is 9.65. The van der Waals surface area contributed by atoms with Crippen LogP contribution in [0.25, 0.3) is 0 Å². The van der Waals surface area contributed by atoms with Gasteiger partial charge in [-0.05, 0) is 112 Å². The van der Waals surface area contributed by atoms with Gasteiger partial charge in [-0.25, -0.2) is 0 Å². The zero-order valence-electron chi connectivity index (χ0n) is 33.0. The topological polar surface area (TPSA) is 61.0 Å². The Balaban J connectivity index is 1.52. The molecule has 0 unspecified atom stereocenters. The molecule has 0 heterocycles. The van der Waals surface area contributed by atoms with Crippen LogP contribution in [0, 0.1) is 0 Å². The number of hydrogen-bond acceptors (Lipinski definition) is 5. The number of ether oxygens (including phenoxy) is 4. The maximum Gasteiger partial charge on any atom is 0.171 e. The summed E-state index contributed by atoms with van der Waals surface area (Å²) in [5.74, 6) is 3.79. The van der Waals surface area contributed by atoms with E-state index in [1.54, 1.807) is 0 Å². The number of rotatable bonds is 15. The molecule has 55 heavy (non-hydrogen) atoms. The number of hydrogen-bond donors (Lipinski definition) is 2. The van der Waals surface area contributed by atoms with Gasteiger partial charge in [0.15, 0.2) is 5.11 Å². The largest absolute Gasteiger partial charge is 0.493 e. The van der Waals surface area contributed by atoms with Gasteiger partial charge in [-0.15, -0.1) is 0 Å². The van der Waals surface area contributed by atoms with Crippen LogP contribution in [0.3, 0.4) is 0 Å². The van der Waals surface area contributed by atoms with E-state index < -0.39 is 0 Å². The first-order valence-electron chi connectivity index (χ1n) is 20.1. The first-order valence-corrected chi connectivity index (χ1v) is 20.5. The Bertz CT molecular complexity index is 1930. The summed E-state index contributed by atoms with van der Waals surface area (Å²) in [6, 6.07) is 34.3. The standard InChI is InChI=1S/C48H56N2O4S/c1-5-23-51-44-35-15-12-16-36(44)30-38-18-14-20-40(46(38)53-25-7-3)32-42-28-34(33-49-48(55)50-43-21-10-9-11-22-43)27-41(47(42)54-26-8-4)31-39-19-13-17-37(29-35)45(39)52-24-6-2/h9-22,27-28H,5-8,23-26,29-33H2,1-4H3,(H2,49,50,55). The quantitative estimate of drug-likeness (QED) is 0.101. The van der Waals surface area contributed by atoms with Gasteiger partial charge in [-0.3, -0.25) is 0 Å². The lowest BCUT2D eigenvalue weighted by atomic mass is 9.90. The van der Waals surface area contributed by atoms with Gasteiger partial charge >= 0.3 is 0 Å². The molecular weight excluding hydrogens is 701 g/mol. The van der Waals surface area contributed by atoms with Crippen molar-refractivity contribution < 1.29 is 18.9 Å². The molecule has 1 aliphatic carbocycles. The normalized spacial score (nSPS) is 12.1. The van der Waals surface area contributed by atoms with Crippen molar-refractivity contribution in [2.45, 2.75) is 85.6 Å². The third kappa shape index (κ3) is 10.4. The molecule has 6 rings (SSSR count). The fraction of sp³-hybridized carbons (Fsp3) is 0.354. The molecule has 0 atom stereocenters. The van der Waals surface area contributed by atoms with E-state index in [-0.39, 0.29) is 0 Å². The van der Waals surface area contributed by atoms with Gasteiger partial charge in [-0.1, -0.05) is 100 Å². The third-order valence-corrected chi connectivity index (χ3v) is 9.89. The lowest BCUT2D eigenvalue weighted by molar-refractivity contribution is 0.304. The molecule has 8 bridgehead atoms. The van der Waals surface area contributed by atoms with Crippen molar-refractivity contribution in [1.29, 1.82) is 0 Å². The Morgan fingerprint density at radius 3 is 1.18 bits per heavy atom. The van der Waals surface area contributed by atoms with E-state index in [4.69, 9.17) is 31.2 Å². The van der Waals surface area contributed by atoms with E-state index >= 15 is 0 Å². The van der Waals surface area contributed by atoms with Crippen LogP contribution >= 0.6 is 12.2 Å². The van der Waals surface area contributed by atoms with Gasteiger partial charge < -0.3 is 29.6 Å². The van der Waals surface area contributed by atoms with E-state index in [0.29, 0.717) is 63.8 Å². The van der Waals surface area contributed by atoms with E-state index in [1.807, 2.05) is 30.3 Å². The van der Waals surface area contributed by atoms with Crippen molar-refractivity contribution in [3.05, 3.63) is 147 Å². The summed E-state index contributed by atoms with van der Waals surface area (Å²) >= 11 is 5.74. The van der Waals surface area contributed by atoms with Crippen LogP contribution in [0.5, 0.6) is 23.0 Å². The summed E-state index contributed by atoms with van der Waals surface area (Å²) in [6.07, 6.45) is 6.36. The molecule has 2 N–H and O–H groups in total. The molecule has 7 heteroatoms. The van der Waals surface area contributed by atoms with Crippen molar-refractivity contribution in [3.63, 3.8) is 0 Å². The monoisotopic (exact) mass is 756 g/mol. The zero-order valence-corrected chi connectivity index (χ0v) is 33.8. The van der Waals surface area contributed by atoms with Crippen molar-refractivity contribution in [2.75, 3.05) is 31.7 Å². The van der Waals surface area contributed by atoms with Crippen molar-refractivity contribution in [2.24, 2.45) is 0 Å². The van der Waals surface area contributed by atoms with Crippen LogP contribution in [-0.2, 0) is 32.2 Å². The Kier molecular flexibility index (Phi) is 14.5. The van der Waals surface area contributed by atoms with E-state index in [2.05, 4.69) is 105 Å². The van der Waals surface area contributed by atoms with Crippen molar-refractivity contribution >= 4 is 23.0 Å². The lowest BCUT2D eigenvalue weighted by Gasteiger charge is -2.23. The second-order valence-corrected chi connectivity index (χ2v) is 14.6. The lowest BCUT2D eigenvalue weighted by Crippen LogP contribution is -2.28. The predicted octanol–water partition coefficient (Wildman–Crippen LogP) is 11.0. The molecule has 0 aliphatic heterocycles. The average molecular weight is 757 g/mol. The number of thiocarbonyl (C=S) groups is 1. The maximum absolute atomic E-state index is 6.74. The number of nitrogens with one attached hydrogen (secondary N) is 2. The summed E-state index contributed by atoms with van der Waals surface area (Å²) in [5.41, 5.74) is 11.2. The molecule has 0 saturated heterocycles. The van der Waals surface area contributed by atoms with E-state index in [0.717, 1.165) is 104 Å². The van der Waals surface area contributed by atoms with Crippen LogP contribution in [0.1, 0.15) is 103 Å². The molecule has 1 aliphatic rings. The molecule has 5 aromatic carbocycles. The van der Waals surface area contributed by atoms with E-state index in [9.17, 15) is 0 Å². The van der Waals surface area contributed by atoms with Crippen molar-refractivity contribution in [1.82, 2.24) is 5.32 Å². The Morgan fingerprint density at radius 2 is 0.818 bits per heavy atom. The SMILES string of the molecule is CCCOc1c2cccc1Cc1cccc(c1OCCC)Cc1cc(CNC(=S)Nc3ccccc3)cc(c1OCCC)Cc1cccc(c1OCCC)C2. The summed E-state index contributed by atoms with van der Waals surface area (Å²) in [5, 5.41) is 7.36. The van der Waals surface area contributed by atoms with Gasteiger partial charge in [0.25, 0.3) is 0 Å². The molecule has 0 spiro atoms. The van der Waals surface area contributed by atoms with Gasteiger partial charge in [0.05, 0.1) is 26.4 Å². The number of fused-ring (bicyclic) bond motifs is 8. The minimum atomic E-state index is 0.556. The second kappa shape index (κ2) is 20.1. The molecule has 0 radical (unpaired) electrons. The second-order valence-electron chi connectivity index (χ2n) is 14.2. The highest BCUT2D eigenvalue weighted by Gasteiger charge is 2.22. The van der Waals surface area contributed by atoms with Gasteiger partial charge in [0.2, 0.25) is 0 Å². The minimum absolute atomic E-state index is 0.556. The smallest absolute Gasteiger partial charge is 0.171 e. The Labute approximate surface area is 333 Å². The Morgan fingerprint density at radius 1 is 0.473 bits per heavy atom. The Hall–Kier alpha value is -5.01. The molecule has 0 amide bonds. The molecule has 6 nitrogen and oxygen atoms in total. The first-order chi connectivity index (χ1) is 27.0. The van der Waals surface area contributed by atoms with Gasteiger partial charge in [-0.2, -0.15) is 0 Å². The van der Waals surface area contributed by atoms with Crippen molar-refractivity contribution in [3.8, 4) is 23.0 Å². The highest BCUT2D eigenvalue weighted by atomic mass is 32.1. The van der Waals surface area contributed by atoms with Gasteiger partial charge in [0, 0.05) is 37.9 Å². The summed E-state index contributed by atoms with van der Waals surface area (Å²) in [6.45, 7) is 11.7. The fourth-order valence-corrected chi connectivity index (χ4v) is 7.39. The fourth-order valence-electron chi connectivity index (χ4n) is 7.20. The average Bonchev–Trinajstić information content (AvgIpc) is 3.19. The van der Waals surface area contributed by atoms with Crippen LogP contribution in [0.4, 0.5) is 5.69 Å². The molecule has 288 valence electrons. The molecular formula is C48H56N2O4S. The highest BCUT2D eigenvalue weighted by Crippen LogP contribution is 2.39. The minimum Gasteiger partial charge on any atom is -0.493 e. The molecule has 0 aromatic heterocycles. The number of benzene rings is 5. The summed E-state index contributed by atoms with van der Waals surface area (Å²) in [4.78, 5) is 0. The predicted molar refractivity (Wildman–Crippen MR) is 230 cm³/mol. The maximum atomic E-state index is 6.74. The summed E-state index contributed by atoms with van der Waals surface area (Å²) in [7, 11) is 0. The number of para-hydroxylation sites is 4. The number of anilines is 1. The van der Waals surface area contributed by atoms with Crippen LogP contribution in [0.2, 0.25) is 0 Å². The van der Waals surface area contributed by atoms with Crippen LogP contribution in [0.15, 0.2) is 97.1 Å². The first kappa shape index (κ1) is 39.7. The highest BCUT2D eigenvalue weighted by molar-refractivity contribution is 7.80. The summed E-state index contributed by atoms with van der Waals surface area (Å²) < 4.78 is 26.7. The molecule has 0 saturated carbocycles. The van der Waals surface area contributed by atoms with E-state index in [1.165, 1.54) is 0 Å². The molecule has 0 fully saturated rings. The van der Waals surface area contributed by atoms with Crippen LogP contribution in [-0.4, -0.2) is 31.5 Å². The van der Waals surface area contributed by atoms with Crippen LogP contribution < -0.4 is 29.6 Å². The zero-order chi connectivity index (χ0) is 38.4. The molecule has 5 aromatic rings.